The first kappa shape index (κ1) is 23.1. The van der Waals surface area contributed by atoms with Crippen molar-refractivity contribution in [2.75, 3.05) is 12.0 Å². The largest absolute Gasteiger partial charge is 0.465 e. The quantitative estimate of drug-likeness (QED) is 0.509. The van der Waals surface area contributed by atoms with E-state index in [4.69, 9.17) is 0 Å². The van der Waals surface area contributed by atoms with Gasteiger partial charge in [0.25, 0.3) is 5.91 Å². The first-order valence-electron chi connectivity index (χ1n) is 10.3. The molecule has 32 heavy (non-hydrogen) atoms. The van der Waals surface area contributed by atoms with E-state index in [9.17, 15) is 19.2 Å². The minimum absolute atomic E-state index is 0.103. The van der Waals surface area contributed by atoms with Gasteiger partial charge in [-0.1, -0.05) is 26.8 Å². The Morgan fingerprint density at radius 3 is 2.41 bits per heavy atom. The van der Waals surface area contributed by atoms with Gasteiger partial charge < -0.3 is 9.64 Å². The summed E-state index contributed by atoms with van der Waals surface area (Å²) in [6.45, 7) is 6.03. The second kappa shape index (κ2) is 9.30. The lowest BCUT2D eigenvalue weighted by Gasteiger charge is -2.30. The summed E-state index contributed by atoms with van der Waals surface area (Å²) in [5.41, 5.74) is 1.15. The van der Waals surface area contributed by atoms with E-state index < -0.39 is 23.8 Å². The van der Waals surface area contributed by atoms with Crippen molar-refractivity contribution in [2.24, 2.45) is 5.41 Å². The summed E-state index contributed by atoms with van der Waals surface area (Å²) < 4.78 is 4.68. The molecule has 2 heterocycles. The van der Waals surface area contributed by atoms with E-state index in [1.165, 1.54) is 36.3 Å². The number of pyridine rings is 1. The maximum absolute atomic E-state index is 13.3. The molecule has 1 aliphatic rings. The van der Waals surface area contributed by atoms with Gasteiger partial charge in [0.1, 0.15) is 6.04 Å². The van der Waals surface area contributed by atoms with E-state index in [-0.39, 0.29) is 30.7 Å². The van der Waals surface area contributed by atoms with Crippen molar-refractivity contribution in [1.29, 1.82) is 0 Å². The molecule has 1 atom stereocenters. The van der Waals surface area contributed by atoms with Crippen molar-refractivity contribution in [3.05, 3.63) is 59.9 Å². The molecular weight excluding hydrogens is 410 g/mol. The van der Waals surface area contributed by atoms with Crippen molar-refractivity contribution >= 4 is 29.4 Å². The average Bonchev–Trinajstić information content (AvgIpc) is 3.04. The smallest absolute Gasteiger partial charge is 0.337 e. The maximum Gasteiger partial charge on any atom is 0.337 e. The van der Waals surface area contributed by atoms with Gasteiger partial charge in [0.2, 0.25) is 11.8 Å². The number of hydrogen-bond donors (Lipinski definition) is 0. The minimum atomic E-state index is -0.905. The number of benzene rings is 1. The summed E-state index contributed by atoms with van der Waals surface area (Å²) >= 11 is 0. The summed E-state index contributed by atoms with van der Waals surface area (Å²) in [4.78, 5) is 57.6. The van der Waals surface area contributed by atoms with Crippen LogP contribution in [-0.4, -0.2) is 46.7 Å². The summed E-state index contributed by atoms with van der Waals surface area (Å²) in [7, 11) is 1.28. The lowest BCUT2D eigenvalue weighted by molar-refractivity contribution is -0.140. The molecule has 2 aromatic rings. The number of nitrogens with zero attached hydrogens (tertiary/aromatic N) is 3. The fraction of sp³-hybridized carbons (Fsp3) is 0.375. The molecule has 8 nitrogen and oxygen atoms in total. The molecule has 168 valence electrons. The van der Waals surface area contributed by atoms with Gasteiger partial charge in [0.05, 0.1) is 24.8 Å². The number of ether oxygens (including phenoxy) is 1. The van der Waals surface area contributed by atoms with Crippen LogP contribution in [0, 0.1) is 5.41 Å². The second-order valence-electron chi connectivity index (χ2n) is 8.95. The number of aromatic nitrogens is 1. The maximum atomic E-state index is 13.3. The van der Waals surface area contributed by atoms with E-state index in [0.717, 1.165) is 10.5 Å². The highest BCUT2D eigenvalue weighted by molar-refractivity contribution is 6.23. The van der Waals surface area contributed by atoms with Crippen LogP contribution in [0.3, 0.4) is 0 Å². The van der Waals surface area contributed by atoms with E-state index in [1.54, 1.807) is 18.5 Å². The molecule has 3 rings (SSSR count). The van der Waals surface area contributed by atoms with Crippen LogP contribution in [0.5, 0.6) is 0 Å². The van der Waals surface area contributed by atoms with Gasteiger partial charge in [-0.25, -0.2) is 9.69 Å². The van der Waals surface area contributed by atoms with E-state index >= 15 is 0 Å². The summed E-state index contributed by atoms with van der Waals surface area (Å²) in [5.74, 6) is -1.57. The zero-order chi connectivity index (χ0) is 23.5. The van der Waals surface area contributed by atoms with Gasteiger partial charge in [0.15, 0.2) is 0 Å². The highest BCUT2D eigenvalue weighted by atomic mass is 16.5. The van der Waals surface area contributed by atoms with Gasteiger partial charge in [-0.2, -0.15) is 0 Å². The predicted octanol–water partition coefficient (Wildman–Crippen LogP) is 2.97. The first-order chi connectivity index (χ1) is 15.1. The zero-order valence-corrected chi connectivity index (χ0v) is 18.7. The Balaban J connectivity index is 1.88. The molecule has 0 N–H and O–H groups in total. The Labute approximate surface area is 187 Å². The normalized spacial score (nSPS) is 16.2. The molecule has 0 spiro atoms. The number of esters is 1. The van der Waals surface area contributed by atoms with Crippen LogP contribution in [0.15, 0.2) is 48.8 Å². The summed E-state index contributed by atoms with van der Waals surface area (Å²) in [5, 5.41) is 0. The number of amides is 3. The lowest BCUT2D eigenvalue weighted by atomic mass is 9.91. The predicted molar refractivity (Wildman–Crippen MR) is 118 cm³/mol. The third kappa shape index (κ3) is 5.19. The van der Waals surface area contributed by atoms with Crippen molar-refractivity contribution in [2.45, 2.75) is 46.2 Å². The Morgan fingerprint density at radius 2 is 1.84 bits per heavy atom. The van der Waals surface area contributed by atoms with Crippen molar-refractivity contribution < 1.29 is 23.9 Å². The first-order valence-corrected chi connectivity index (χ1v) is 10.3. The molecule has 1 unspecified atom stereocenters. The number of methoxy groups -OCH3 is 1. The number of anilines is 1. The number of rotatable bonds is 6. The minimum Gasteiger partial charge on any atom is -0.465 e. The molecule has 1 aliphatic heterocycles. The number of imide groups is 1. The molecule has 1 fully saturated rings. The standard InChI is InChI=1S/C24H27N3O5/c1-24(2,3)13-21(29)26(15-16-6-5-11-25-14-16)19-12-20(28)27(22(19)30)18-9-7-17(8-10-18)23(31)32-4/h5-11,14,19H,12-13,15H2,1-4H3. The van der Waals surface area contributed by atoms with E-state index in [1.807, 2.05) is 26.8 Å². The average molecular weight is 437 g/mol. The third-order valence-electron chi connectivity index (χ3n) is 5.12. The van der Waals surface area contributed by atoms with Gasteiger partial charge in [-0.05, 0) is 41.3 Å². The Morgan fingerprint density at radius 1 is 1.16 bits per heavy atom. The van der Waals surface area contributed by atoms with Crippen molar-refractivity contribution in [1.82, 2.24) is 9.88 Å². The monoisotopic (exact) mass is 437 g/mol. The molecular formula is C24H27N3O5. The van der Waals surface area contributed by atoms with Gasteiger partial charge in [-0.3, -0.25) is 19.4 Å². The molecule has 0 aliphatic carbocycles. The highest BCUT2D eigenvalue weighted by Crippen LogP contribution is 2.29. The van der Waals surface area contributed by atoms with Crippen molar-refractivity contribution in [3.63, 3.8) is 0 Å². The molecule has 3 amide bonds. The molecule has 1 aromatic heterocycles. The Bertz CT molecular complexity index is 1010. The van der Waals surface area contributed by atoms with Crippen molar-refractivity contribution in [3.8, 4) is 0 Å². The molecule has 1 saturated heterocycles. The fourth-order valence-corrected chi connectivity index (χ4v) is 3.61. The van der Waals surface area contributed by atoms with Crippen LogP contribution in [-0.2, 0) is 25.7 Å². The summed E-state index contributed by atoms with van der Waals surface area (Å²) in [6.07, 6.45) is 3.41. The van der Waals surface area contributed by atoms with Gasteiger partial charge in [-0.15, -0.1) is 0 Å². The van der Waals surface area contributed by atoms with Crippen LogP contribution >= 0.6 is 0 Å². The topological polar surface area (TPSA) is 96.9 Å². The lowest BCUT2D eigenvalue weighted by Crippen LogP contribution is -2.46. The van der Waals surface area contributed by atoms with Crippen LogP contribution < -0.4 is 4.90 Å². The van der Waals surface area contributed by atoms with Crippen LogP contribution in [0.25, 0.3) is 0 Å². The van der Waals surface area contributed by atoms with Gasteiger partial charge in [0, 0.05) is 25.4 Å². The highest BCUT2D eigenvalue weighted by Gasteiger charge is 2.44. The van der Waals surface area contributed by atoms with Crippen LogP contribution in [0.4, 0.5) is 5.69 Å². The van der Waals surface area contributed by atoms with Gasteiger partial charge >= 0.3 is 5.97 Å². The molecule has 1 aromatic carbocycles. The second-order valence-corrected chi connectivity index (χ2v) is 8.95. The SMILES string of the molecule is COC(=O)c1ccc(N2C(=O)CC(N(Cc3cccnc3)C(=O)CC(C)(C)C)C2=O)cc1. The fourth-order valence-electron chi connectivity index (χ4n) is 3.61. The Hall–Kier alpha value is -3.55. The zero-order valence-electron chi connectivity index (χ0n) is 18.7. The Kier molecular flexibility index (Phi) is 6.72. The number of carbonyl (C=O) groups excluding carboxylic acids is 4. The third-order valence-corrected chi connectivity index (χ3v) is 5.12. The van der Waals surface area contributed by atoms with E-state index in [0.29, 0.717) is 11.3 Å². The van der Waals surface area contributed by atoms with Crippen LogP contribution in [0.2, 0.25) is 0 Å². The number of carbonyl (C=O) groups is 4. The number of hydrogen-bond acceptors (Lipinski definition) is 6. The molecule has 0 radical (unpaired) electrons. The molecule has 0 saturated carbocycles. The van der Waals surface area contributed by atoms with E-state index in [2.05, 4.69) is 9.72 Å². The molecule has 8 heteroatoms. The van der Waals surface area contributed by atoms with Crippen LogP contribution in [0.1, 0.15) is 49.5 Å². The summed E-state index contributed by atoms with van der Waals surface area (Å²) in [6, 6.07) is 8.71. The molecule has 0 bridgehead atoms.